The summed E-state index contributed by atoms with van der Waals surface area (Å²) in [5, 5.41) is 3.89. The van der Waals surface area contributed by atoms with Crippen LogP contribution in [0.25, 0.3) is 22.2 Å². The fourth-order valence-corrected chi connectivity index (χ4v) is 2.85. The number of rotatable bonds is 3. The molecule has 0 amide bonds. The first-order chi connectivity index (χ1) is 12.2. The zero-order valence-electron chi connectivity index (χ0n) is 13.1. The molecule has 122 valence electrons. The van der Waals surface area contributed by atoms with Gasteiger partial charge >= 0.3 is 0 Å². The minimum atomic E-state index is -0.387. The van der Waals surface area contributed by atoms with E-state index in [4.69, 9.17) is 0 Å². The van der Waals surface area contributed by atoms with E-state index >= 15 is 4.39 Å². The predicted octanol–water partition coefficient (Wildman–Crippen LogP) is 5.47. The van der Waals surface area contributed by atoms with Gasteiger partial charge in [0.15, 0.2) is 5.82 Å². The van der Waals surface area contributed by atoms with Gasteiger partial charge in [-0.3, -0.25) is 4.98 Å². The minimum Gasteiger partial charge on any atom is -0.352 e. The van der Waals surface area contributed by atoms with E-state index in [0.717, 1.165) is 21.5 Å². The van der Waals surface area contributed by atoms with Crippen molar-refractivity contribution in [1.29, 1.82) is 0 Å². The highest BCUT2D eigenvalue weighted by Gasteiger charge is 2.16. The van der Waals surface area contributed by atoms with E-state index in [1.807, 2.05) is 48.5 Å². The Hall–Kier alpha value is -2.92. The number of fused-ring (bicyclic) bond motifs is 1. The number of hydrogen-bond acceptors (Lipinski definition) is 4. The van der Waals surface area contributed by atoms with E-state index in [9.17, 15) is 0 Å². The van der Waals surface area contributed by atoms with Crippen molar-refractivity contribution in [1.82, 2.24) is 9.97 Å². The lowest BCUT2D eigenvalue weighted by atomic mass is 10.1. The van der Waals surface area contributed by atoms with Crippen molar-refractivity contribution in [2.75, 3.05) is 5.32 Å². The van der Waals surface area contributed by atoms with Crippen molar-refractivity contribution in [2.45, 2.75) is 4.90 Å². The first-order valence-corrected chi connectivity index (χ1v) is 8.22. The van der Waals surface area contributed by atoms with Crippen LogP contribution >= 0.6 is 12.6 Å². The Labute approximate surface area is 150 Å². The lowest BCUT2D eigenvalue weighted by Crippen LogP contribution is -2.00. The monoisotopic (exact) mass is 347 g/mol. The smallest absolute Gasteiger partial charge is 0.173 e. The molecule has 4 aromatic rings. The first-order valence-electron chi connectivity index (χ1n) is 7.77. The highest BCUT2D eigenvalue weighted by Crippen LogP contribution is 2.34. The van der Waals surface area contributed by atoms with Gasteiger partial charge in [0.1, 0.15) is 5.69 Å². The summed E-state index contributed by atoms with van der Waals surface area (Å²) in [7, 11) is 0. The van der Waals surface area contributed by atoms with Crippen LogP contribution in [0.3, 0.4) is 0 Å². The molecule has 0 unspecified atom stereocenters. The SMILES string of the molecule is Fc1c(-c2ccc(S)cc2)nc2ccccc2c1Nc1ccncc1. The van der Waals surface area contributed by atoms with Crippen molar-refractivity contribution in [3.05, 3.63) is 78.9 Å². The van der Waals surface area contributed by atoms with Crippen molar-refractivity contribution < 1.29 is 4.39 Å². The highest BCUT2D eigenvalue weighted by molar-refractivity contribution is 7.80. The minimum absolute atomic E-state index is 0.309. The maximum atomic E-state index is 15.3. The summed E-state index contributed by atoms with van der Waals surface area (Å²) in [6.07, 6.45) is 3.33. The van der Waals surface area contributed by atoms with E-state index in [2.05, 4.69) is 27.9 Å². The molecule has 0 saturated heterocycles. The van der Waals surface area contributed by atoms with Crippen LogP contribution in [0.1, 0.15) is 0 Å². The van der Waals surface area contributed by atoms with Gasteiger partial charge in [-0.15, -0.1) is 12.6 Å². The van der Waals surface area contributed by atoms with E-state index < -0.39 is 0 Å². The summed E-state index contributed by atoms with van der Waals surface area (Å²) in [6.45, 7) is 0. The Kier molecular flexibility index (Phi) is 4.07. The van der Waals surface area contributed by atoms with E-state index in [0.29, 0.717) is 16.9 Å². The van der Waals surface area contributed by atoms with Crippen molar-refractivity contribution in [3.63, 3.8) is 0 Å². The van der Waals surface area contributed by atoms with Gasteiger partial charge in [0.2, 0.25) is 0 Å². The number of benzene rings is 2. The zero-order chi connectivity index (χ0) is 17.2. The van der Waals surface area contributed by atoms with Crippen LogP contribution in [0, 0.1) is 5.82 Å². The Balaban J connectivity index is 1.93. The number of nitrogens with zero attached hydrogens (tertiary/aromatic N) is 2. The molecule has 0 spiro atoms. The summed E-state index contributed by atoms with van der Waals surface area (Å²) in [4.78, 5) is 9.34. The van der Waals surface area contributed by atoms with E-state index in [1.165, 1.54) is 0 Å². The molecule has 2 heterocycles. The average Bonchev–Trinajstić information content (AvgIpc) is 2.65. The average molecular weight is 347 g/mol. The molecule has 2 aromatic carbocycles. The molecule has 25 heavy (non-hydrogen) atoms. The predicted molar refractivity (Wildman–Crippen MR) is 102 cm³/mol. The Morgan fingerprint density at radius 3 is 2.36 bits per heavy atom. The molecule has 0 radical (unpaired) electrons. The molecule has 2 aromatic heterocycles. The quantitative estimate of drug-likeness (QED) is 0.483. The van der Waals surface area contributed by atoms with Gasteiger partial charge in [0.25, 0.3) is 0 Å². The van der Waals surface area contributed by atoms with Crippen molar-refractivity contribution in [2.24, 2.45) is 0 Å². The van der Waals surface area contributed by atoms with Gasteiger partial charge in [-0.05, 0) is 30.3 Å². The lowest BCUT2D eigenvalue weighted by Gasteiger charge is -2.14. The number of nitrogens with one attached hydrogen (secondary N) is 1. The number of halogens is 1. The molecule has 1 N–H and O–H groups in total. The van der Waals surface area contributed by atoms with E-state index in [-0.39, 0.29) is 5.82 Å². The topological polar surface area (TPSA) is 37.8 Å². The normalized spacial score (nSPS) is 10.8. The maximum absolute atomic E-state index is 15.3. The van der Waals surface area contributed by atoms with Gasteiger partial charge in [-0.25, -0.2) is 9.37 Å². The zero-order valence-corrected chi connectivity index (χ0v) is 14.0. The molecule has 0 saturated carbocycles. The molecule has 0 aliphatic rings. The standard InChI is InChI=1S/C20H14FN3S/c21-18-19(13-5-7-15(25)8-6-13)24-17-4-2-1-3-16(17)20(18)23-14-9-11-22-12-10-14/h1-12,25H,(H,22,23,24). The van der Waals surface area contributed by atoms with Crippen molar-refractivity contribution >= 4 is 34.9 Å². The Morgan fingerprint density at radius 1 is 0.880 bits per heavy atom. The van der Waals surface area contributed by atoms with Gasteiger partial charge in [0, 0.05) is 33.9 Å². The van der Waals surface area contributed by atoms with Gasteiger partial charge in [-0.2, -0.15) is 0 Å². The number of para-hydroxylation sites is 1. The van der Waals surface area contributed by atoms with Gasteiger partial charge < -0.3 is 5.32 Å². The molecular formula is C20H14FN3S. The molecule has 5 heteroatoms. The molecular weight excluding hydrogens is 333 g/mol. The third-order valence-electron chi connectivity index (χ3n) is 3.92. The van der Waals surface area contributed by atoms with Crippen LogP contribution in [0.15, 0.2) is 78.0 Å². The second-order valence-corrected chi connectivity index (χ2v) is 6.09. The van der Waals surface area contributed by atoms with Crippen molar-refractivity contribution in [3.8, 4) is 11.3 Å². The van der Waals surface area contributed by atoms with Crippen LogP contribution < -0.4 is 5.32 Å². The summed E-state index contributed by atoms with van der Waals surface area (Å²) in [5.74, 6) is -0.387. The number of thiol groups is 1. The van der Waals surface area contributed by atoms with Crippen LogP contribution in [0.4, 0.5) is 15.8 Å². The van der Waals surface area contributed by atoms with E-state index in [1.54, 1.807) is 24.5 Å². The number of pyridine rings is 2. The fraction of sp³-hybridized carbons (Fsp3) is 0. The maximum Gasteiger partial charge on any atom is 0.173 e. The number of aromatic nitrogens is 2. The Bertz CT molecular complexity index is 1030. The molecule has 0 bridgehead atoms. The first kappa shape index (κ1) is 15.6. The van der Waals surface area contributed by atoms with Crippen LogP contribution in [0.2, 0.25) is 0 Å². The molecule has 3 nitrogen and oxygen atoms in total. The molecule has 0 atom stereocenters. The highest BCUT2D eigenvalue weighted by atomic mass is 32.1. The molecule has 0 aliphatic carbocycles. The summed E-state index contributed by atoms with van der Waals surface area (Å²) in [5.41, 5.74) is 2.91. The molecule has 0 aliphatic heterocycles. The summed E-state index contributed by atoms with van der Waals surface area (Å²) in [6, 6.07) is 18.4. The summed E-state index contributed by atoms with van der Waals surface area (Å²) >= 11 is 4.28. The molecule has 4 rings (SSSR count). The van der Waals surface area contributed by atoms with Crippen LogP contribution in [0.5, 0.6) is 0 Å². The van der Waals surface area contributed by atoms with Crippen LogP contribution in [-0.2, 0) is 0 Å². The second-order valence-electron chi connectivity index (χ2n) is 5.57. The number of anilines is 2. The second kappa shape index (κ2) is 6.53. The van der Waals surface area contributed by atoms with Crippen LogP contribution in [-0.4, -0.2) is 9.97 Å². The largest absolute Gasteiger partial charge is 0.352 e. The third-order valence-corrected chi connectivity index (χ3v) is 4.22. The number of hydrogen-bond donors (Lipinski definition) is 2. The molecule has 0 fully saturated rings. The summed E-state index contributed by atoms with van der Waals surface area (Å²) < 4.78 is 15.3. The Morgan fingerprint density at radius 2 is 1.60 bits per heavy atom. The fourth-order valence-electron chi connectivity index (χ4n) is 2.70. The third kappa shape index (κ3) is 3.06. The lowest BCUT2D eigenvalue weighted by molar-refractivity contribution is 0.632. The van der Waals surface area contributed by atoms with Gasteiger partial charge in [-0.1, -0.05) is 30.3 Å². The van der Waals surface area contributed by atoms with Gasteiger partial charge in [0.05, 0.1) is 11.2 Å².